The van der Waals surface area contributed by atoms with Gasteiger partial charge >= 0.3 is 5.56 Å². The Balaban J connectivity index is 1.73. The van der Waals surface area contributed by atoms with Gasteiger partial charge in [-0.05, 0) is 47.4 Å². The summed E-state index contributed by atoms with van der Waals surface area (Å²) in [6, 6.07) is 5.38. The molecule has 0 amide bonds. The summed E-state index contributed by atoms with van der Waals surface area (Å²) in [5.41, 5.74) is 2.44. The number of fused-ring (bicyclic) bond motifs is 1. The zero-order valence-electron chi connectivity index (χ0n) is 15.2. The number of benzene rings is 2. The SMILES string of the molecule is Cc1cc2c(cc1Nc1nc(=O)c(F)cn1Cc1cc(F)c(F)c(F)c1)COC2. The third kappa shape index (κ3) is 3.73. The van der Waals surface area contributed by atoms with E-state index in [0.717, 1.165) is 35.0 Å². The third-order valence-corrected chi connectivity index (χ3v) is 4.66. The van der Waals surface area contributed by atoms with Gasteiger partial charge in [0.05, 0.1) is 19.8 Å². The number of aryl methyl sites for hydroxylation is 1. The van der Waals surface area contributed by atoms with Gasteiger partial charge in [-0.15, -0.1) is 0 Å². The highest BCUT2D eigenvalue weighted by atomic mass is 19.2. The molecule has 0 bridgehead atoms. The topological polar surface area (TPSA) is 56.2 Å². The van der Waals surface area contributed by atoms with Gasteiger partial charge in [-0.3, -0.25) is 4.79 Å². The fourth-order valence-electron chi connectivity index (χ4n) is 3.19. The lowest BCUT2D eigenvalue weighted by Gasteiger charge is -2.16. The minimum Gasteiger partial charge on any atom is -0.372 e. The number of hydrogen-bond acceptors (Lipinski definition) is 4. The number of ether oxygens (including phenoxy) is 1. The molecule has 0 atom stereocenters. The van der Waals surface area contributed by atoms with Gasteiger partial charge in [-0.25, -0.2) is 13.2 Å². The Hall–Kier alpha value is -3.20. The van der Waals surface area contributed by atoms with Crippen LogP contribution in [0.1, 0.15) is 22.3 Å². The van der Waals surface area contributed by atoms with Crippen LogP contribution in [0.4, 0.5) is 29.2 Å². The summed E-state index contributed by atoms with van der Waals surface area (Å²) < 4.78 is 60.7. The van der Waals surface area contributed by atoms with Crippen molar-refractivity contribution in [2.24, 2.45) is 0 Å². The van der Waals surface area contributed by atoms with Crippen LogP contribution in [0.2, 0.25) is 0 Å². The molecular weight excluding hydrogens is 390 g/mol. The minimum atomic E-state index is -1.59. The number of nitrogens with one attached hydrogen (secondary N) is 1. The summed E-state index contributed by atoms with van der Waals surface area (Å²) in [5, 5.41) is 2.97. The van der Waals surface area contributed by atoms with Crippen LogP contribution in [0, 0.1) is 30.2 Å². The quantitative estimate of drug-likeness (QED) is 0.528. The zero-order chi connectivity index (χ0) is 20.7. The second-order valence-electron chi connectivity index (χ2n) is 6.77. The Kier molecular flexibility index (Phi) is 4.83. The normalized spacial score (nSPS) is 12.9. The van der Waals surface area contributed by atoms with E-state index in [1.54, 1.807) is 0 Å². The highest BCUT2D eigenvalue weighted by Gasteiger charge is 2.17. The number of nitrogens with zero attached hydrogens (tertiary/aromatic N) is 2. The van der Waals surface area contributed by atoms with E-state index in [4.69, 9.17) is 4.74 Å². The molecule has 1 aromatic heterocycles. The maximum Gasteiger partial charge on any atom is 0.310 e. The first-order valence-electron chi connectivity index (χ1n) is 8.69. The van der Waals surface area contributed by atoms with Crippen LogP contribution < -0.4 is 10.9 Å². The lowest BCUT2D eigenvalue weighted by Crippen LogP contribution is -2.20. The zero-order valence-corrected chi connectivity index (χ0v) is 15.2. The van der Waals surface area contributed by atoms with Crippen molar-refractivity contribution in [3.05, 3.63) is 86.3 Å². The summed E-state index contributed by atoms with van der Waals surface area (Å²) in [4.78, 5) is 15.4. The van der Waals surface area contributed by atoms with E-state index in [2.05, 4.69) is 10.3 Å². The third-order valence-electron chi connectivity index (χ3n) is 4.66. The van der Waals surface area contributed by atoms with Gasteiger partial charge in [-0.1, -0.05) is 6.07 Å². The molecule has 0 radical (unpaired) electrons. The molecular formula is C20H15F4N3O2. The van der Waals surface area contributed by atoms with E-state index in [9.17, 15) is 22.4 Å². The molecule has 1 aliphatic heterocycles. The summed E-state index contributed by atoms with van der Waals surface area (Å²) in [7, 11) is 0. The molecule has 9 heteroatoms. The van der Waals surface area contributed by atoms with E-state index in [0.29, 0.717) is 18.9 Å². The molecule has 0 aliphatic carbocycles. The fourth-order valence-corrected chi connectivity index (χ4v) is 3.19. The van der Waals surface area contributed by atoms with Crippen molar-refractivity contribution in [3.8, 4) is 0 Å². The molecule has 2 heterocycles. The molecule has 1 aliphatic rings. The van der Waals surface area contributed by atoms with Gasteiger partial charge in [0.1, 0.15) is 0 Å². The highest BCUT2D eigenvalue weighted by Crippen LogP contribution is 2.28. The van der Waals surface area contributed by atoms with Crippen LogP contribution >= 0.6 is 0 Å². The standard InChI is InChI=1S/C20H15F4N3O2/c1-10-2-12-8-29-9-13(12)5-17(10)25-20-26-19(28)16(23)7-27(20)6-11-3-14(21)18(24)15(22)4-11/h2-5,7H,6,8-9H2,1H3,(H,25,26,28). The van der Waals surface area contributed by atoms with E-state index in [1.165, 1.54) is 4.57 Å². The van der Waals surface area contributed by atoms with Gasteiger partial charge < -0.3 is 14.6 Å². The van der Waals surface area contributed by atoms with Crippen molar-refractivity contribution in [3.63, 3.8) is 0 Å². The first-order chi connectivity index (χ1) is 13.8. The fraction of sp³-hybridized carbons (Fsp3) is 0.200. The van der Waals surface area contributed by atoms with Crippen molar-refractivity contribution in [2.45, 2.75) is 26.7 Å². The molecule has 3 aromatic rings. The van der Waals surface area contributed by atoms with E-state index >= 15 is 0 Å². The highest BCUT2D eigenvalue weighted by molar-refractivity contribution is 5.61. The number of rotatable bonds is 4. The van der Waals surface area contributed by atoms with Crippen LogP contribution in [-0.2, 0) is 24.5 Å². The van der Waals surface area contributed by atoms with Crippen molar-refractivity contribution < 1.29 is 22.3 Å². The first kappa shape index (κ1) is 19.1. The van der Waals surface area contributed by atoms with Crippen LogP contribution in [0.5, 0.6) is 0 Å². The van der Waals surface area contributed by atoms with Crippen molar-refractivity contribution in [2.75, 3.05) is 5.32 Å². The molecule has 5 nitrogen and oxygen atoms in total. The summed E-state index contributed by atoms with van der Waals surface area (Å²) in [5.74, 6) is -5.47. The Morgan fingerprint density at radius 2 is 1.69 bits per heavy atom. The monoisotopic (exact) mass is 405 g/mol. The Bertz CT molecular complexity index is 1150. The van der Waals surface area contributed by atoms with Crippen molar-refractivity contribution in [1.82, 2.24) is 9.55 Å². The molecule has 0 saturated carbocycles. The molecule has 29 heavy (non-hydrogen) atoms. The molecule has 2 aromatic carbocycles. The Morgan fingerprint density at radius 1 is 1.03 bits per heavy atom. The largest absolute Gasteiger partial charge is 0.372 e. The van der Waals surface area contributed by atoms with Gasteiger partial charge in [0.15, 0.2) is 17.5 Å². The number of halogens is 4. The minimum absolute atomic E-state index is 0.0245. The molecule has 1 N–H and O–H groups in total. The van der Waals surface area contributed by atoms with Crippen molar-refractivity contribution in [1.29, 1.82) is 0 Å². The number of anilines is 2. The Morgan fingerprint density at radius 3 is 2.38 bits per heavy atom. The molecule has 0 fully saturated rings. The molecule has 0 unspecified atom stereocenters. The first-order valence-corrected chi connectivity index (χ1v) is 8.69. The maximum absolute atomic E-state index is 13.8. The second-order valence-corrected chi connectivity index (χ2v) is 6.77. The summed E-state index contributed by atoms with van der Waals surface area (Å²) in [6.45, 7) is 2.56. The molecule has 0 spiro atoms. The van der Waals surface area contributed by atoms with E-state index < -0.39 is 28.8 Å². The predicted octanol–water partition coefficient (Wildman–Crippen LogP) is 3.93. The van der Waals surface area contributed by atoms with E-state index in [-0.39, 0.29) is 18.1 Å². The van der Waals surface area contributed by atoms with Gasteiger partial charge in [-0.2, -0.15) is 9.37 Å². The van der Waals surface area contributed by atoms with Crippen molar-refractivity contribution >= 4 is 11.6 Å². The number of hydrogen-bond donors (Lipinski definition) is 1. The average molecular weight is 405 g/mol. The van der Waals surface area contributed by atoms with Crippen LogP contribution in [-0.4, -0.2) is 9.55 Å². The predicted molar refractivity (Wildman–Crippen MR) is 96.8 cm³/mol. The van der Waals surface area contributed by atoms with Gasteiger partial charge in [0.25, 0.3) is 0 Å². The molecule has 0 saturated heterocycles. The smallest absolute Gasteiger partial charge is 0.310 e. The second kappa shape index (κ2) is 7.32. The summed E-state index contributed by atoms with van der Waals surface area (Å²) in [6.07, 6.45) is 0.878. The van der Waals surface area contributed by atoms with Gasteiger partial charge in [0, 0.05) is 11.9 Å². The van der Waals surface area contributed by atoms with E-state index in [1.807, 2.05) is 19.1 Å². The van der Waals surface area contributed by atoms with Crippen LogP contribution in [0.3, 0.4) is 0 Å². The number of aromatic nitrogens is 2. The Labute approximate surface area is 162 Å². The molecule has 4 rings (SSSR count). The lowest BCUT2D eigenvalue weighted by atomic mass is 10.1. The van der Waals surface area contributed by atoms with Gasteiger partial charge in [0.2, 0.25) is 11.8 Å². The summed E-state index contributed by atoms with van der Waals surface area (Å²) >= 11 is 0. The average Bonchev–Trinajstić information content (AvgIpc) is 3.11. The van der Waals surface area contributed by atoms with Crippen LogP contribution in [0.25, 0.3) is 0 Å². The lowest BCUT2D eigenvalue weighted by molar-refractivity contribution is 0.134. The molecule has 150 valence electrons. The van der Waals surface area contributed by atoms with Crippen LogP contribution in [0.15, 0.2) is 35.3 Å². The maximum atomic E-state index is 13.8.